The van der Waals surface area contributed by atoms with Gasteiger partial charge in [-0.3, -0.25) is 0 Å². The Balaban J connectivity index is 1.99. The van der Waals surface area contributed by atoms with E-state index in [1.165, 1.54) is 44.9 Å². The molecule has 0 aliphatic heterocycles. The van der Waals surface area contributed by atoms with Crippen LogP contribution in [0.25, 0.3) is 0 Å². The van der Waals surface area contributed by atoms with Crippen LogP contribution >= 0.6 is 0 Å². The maximum Gasteiger partial charge on any atom is 0.0604 e. The molecule has 4 unspecified atom stereocenters. The largest absolute Gasteiger partial charge is 0.411 e. The molecule has 84 valence electrons. The first-order chi connectivity index (χ1) is 7.26. The van der Waals surface area contributed by atoms with Crippen LogP contribution in [0.1, 0.15) is 51.9 Å². The summed E-state index contributed by atoms with van der Waals surface area (Å²) in [5.41, 5.74) is 1.32. The molecule has 3 fully saturated rings. The summed E-state index contributed by atoms with van der Waals surface area (Å²) in [6.45, 7) is 2.04. The molecule has 3 aliphatic rings. The fourth-order valence-corrected chi connectivity index (χ4v) is 4.79. The van der Waals surface area contributed by atoms with Gasteiger partial charge in [-0.05, 0) is 56.8 Å². The molecular formula is C13H21NO. The van der Waals surface area contributed by atoms with Gasteiger partial charge in [-0.25, -0.2) is 0 Å². The van der Waals surface area contributed by atoms with Gasteiger partial charge in [0.15, 0.2) is 0 Å². The Labute approximate surface area is 91.7 Å². The molecule has 2 nitrogen and oxygen atoms in total. The molecule has 0 heterocycles. The summed E-state index contributed by atoms with van der Waals surface area (Å²) in [7, 11) is 0. The SMILES string of the molecule is CC(=NO)C12CCCC(C1)C1CCC2C1. The monoisotopic (exact) mass is 207 g/mol. The standard InChI is InChI=1S/C13H21NO/c1-9(14-15)13-6-2-3-11(8-13)10-4-5-12(13)7-10/h10-12,15H,2-8H2,1H3. The molecule has 3 rings (SSSR count). The van der Waals surface area contributed by atoms with E-state index in [9.17, 15) is 0 Å². The average molecular weight is 207 g/mol. The van der Waals surface area contributed by atoms with E-state index in [4.69, 9.17) is 5.21 Å². The van der Waals surface area contributed by atoms with Crippen LogP contribution in [0.3, 0.4) is 0 Å². The zero-order valence-corrected chi connectivity index (χ0v) is 9.58. The Bertz CT molecular complexity index is 299. The van der Waals surface area contributed by atoms with Crippen LogP contribution in [0.15, 0.2) is 5.16 Å². The quantitative estimate of drug-likeness (QED) is 0.399. The normalized spacial score (nSPS) is 49.4. The van der Waals surface area contributed by atoms with E-state index in [1.54, 1.807) is 0 Å². The van der Waals surface area contributed by atoms with Crippen molar-refractivity contribution in [1.82, 2.24) is 0 Å². The molecule has 0 aromatic heterocycles. The number of nitrogens with zero attached hydrogens (tertiary/aromatic N) is 1. The van der Waals surface area contributed by atoms with Crippen molar-refractivity contribution in [1.29, 1.82) is 0 Å². The number of fused-ring (bicyclic) bond motifs is 6. The number of hydrogen-bond donors (Lipinski definition) is 1. The van der Waals surface area contributed by atoms with Gasteiger partial charge >= 0.3 is 0 Å². The number of rotatable bonds is 1. The third-order valence-electron chi connectivity index (χ3n) is 5.62. The van der Waals surface area contributed by atoms with Crippen LogP contribution in [0, 0.1) is 23.2 Å². The van der Waals surface area contributed by atoms with Gasteiger partial charge in [0.2, 0.25) is 0 Å². The average Bonchev–Trinajstić information content (AvgIpc) is 2.74. The lowest BCUT2D eigenvalue weighted by atomic mass is 9.55. The Kier molecular flexibility index (Phi) is 2.08. The zero-order chi connectivity index (χ0) is 10.5. The summed E-state index contributed by atoms with van der Waals surface area (Å²) in [5.74, 6) is 2.78. The third-order valence-corrected chi connectivity index (χ3v) is 5.62. The van der Waals surface area contributed by atoms with Gasteiger partial charge in [-0.1, -0.05) is 18.0 Å². The summed E-state index contributed by atoms with van der Waals surface area (Å²) >= 11 is 0. The van der Waals surface area contributed by atoms with E-state index in [0.717, 1.165) is 23.5 Å². The second-order valence-electron chi connectivity index (χ2n) is 5.97. The summed E-state index contributed by atoms with van der Waals surface area (Å²) in [4.78, 5) is 0. The van der Waals surface area contributed by atoms with Crippen LogP contribution in [0.5, 0.6) is 0 Å². The topological polar surface area (TPSA) is 32.6 Å². The van der Waals surface area contributed by atoms with Gasteiger partial charge in [-0.2, -0.15) is 0 Å². The van der Waals surface area contributed by atoms with Gasteiger partial charge in [-0.15, -0.1) is 0 Å². The van der Waals surface area contributed by atoms with Crippen molar-refractivity contribution in [3.63, 3.8) is 0 Å². The Morgan fingerprint density at radius 1 is 1.27 bits per heavy atom. The summed E-state index contributed by atoms with van der Waals surface area (Å²) in [5, 5.41) is 12.7. The number of hydrogen-bond acceptors (Lipinski definition) is 2. The Morgan fingerprint density at radius 2 is 2.13 bits per heavy atom. The molecule has 1 N–H and O–H groups in total. The predicted molar refractivity (Wildman–Crippen MR) is 60.1 cm³/mol. The fourth-order valence-electron chi connectivity index (χ4n) is 4.79. The van der Waals surface area contributed by atoms with Crippen LogP contribution in [0.4, 0.5) is 0 Å². The lowest BCUT2D eigenvalue weighted by molar-refractivity contribution is 0.0658. The first-order valence-corrected chi connectivity index (χ1v) is 6.45. The molecule has 2 heteroatoms. The highest BCUT2D eigenvalue weighted by Gasteiger charge is 2.54. The minimum atomic E-state index is 0.296. The first-order valence-electron chi connectivity index (χ1n) is 6.45. The van der Waals surface area contributed by atoms with Crippen LogP contribution < -0.4 is 0 Å². The molecule has 0 spiro atoms. The molecule has 3 saturated carbocycles. The molecule has 15 heavy (non-hydrogen) atoms. The van der Waals surface area contributed by atoms with Crippen LogP contribution in [-0.2, 0) is 0 Å². The first kappa shape index (κ1) is 9.68. The molecule has 3 aliphatic carbocycles. The van der Waals surface area contributed by atoms with E-state index >= 15 is 0 Å². The highest BCUT2D eigenvalue weighted by Crippen LogP contribution is 2.61. The molecule has 0 saturated heterocycles. The summed E-state index contributed by atoms with van der Waals surface area (Å²) in [6, 6.07) is 0. The smallest absolute Gasteiger partial charge is 0.0604 e. The molecule has 0 aromatic rings. The second kappa shape index (κ2) is 3.23. The van der Waals surface area contributed by atoms with Gasteiger partial charge < -0.3 is 5.21 Å². The summed E-state index contributed by atoms with van der Waals surface area (Å²) < 4.78 is 0. The molecule has 4 atom stereocenters. The lowest BCUT2D eigenvalue weighted by Gasteiger charge is -2.49. The van der Waals surface area contributed by atoms with E-state index in [1.807, 2.05) is 6.92 Å². The van der Waals surface area contributed by atoms with Gasteiger partial charge in [0, 0.05) is 5.41 Å². The van der Waals surface area contributed by atoms with Gasteiger partial charge in [0.25, 0.3) is 0 Å². The molecule has 4 bridgehead atoms. The van der Waals surface area contributed by atoms with Gasteiger partial charge in [0.05, 0.1) is 5.71 Å². The third kappa shape index (κ3) is 1.20. The van der Waals surface area contributed by atoms with E-state index in [0.29, 0.717) is 5.41 Å². The molecular weight excluding hydrogens is 186 g/mol. The molecule has 0 aromatic carbocycles. The van der Waals surface area contributed by atoms with Crippen LogP contribution in [-0.4, -0.2) is 10.9 Å². The number of oxime groups is 1. The van der Waals surface area contributed by atoms with Gasteiger partial charge in [0.1, 0.15) is 0 Å². The predicted octanol–water partition coefficient (Wildman–Crippen LogP) is 3.44. The lowest BCUT2D eigenvalue weighted by Crippen LogP contribution is -2.45. The Hall–Kier alpha value is -0.530. The minimum absolute atomic E-state index is 0.296. The van der Waals surface area contributed by atoms with Crippen molar-refractivity contribution in [2.45, 2.75) is 51.9 Å². The Morgan fingerprint density at radius 3 is 2.93 bits per heavy atom. The molecule has 0 amide bonds. The fraction of sp³-hybridized carbons (Fsp3) is 0.923. The van der Waals surface area contributed by atoms with Crippen molar-refractivity contribution in [2.75, 3.05) is 0 Å². The highest BCUT2D eigenvalue weighted by molar-refractivity contribution is 5.88. The van der Waals surface area contributed by atoms with Crippen molar-refractivity contribution >= 4 is 5.71 Å². The van der Waals surface area contributed by atoms with Crippen molar-refractivity contribution in [2.24, 2.45) is 28.3 Å². The molecule has 0 radical (unpaired) electrons. The minimum Gasteiger partial charge on any atom is -0.411 e. The van der Waals surface area contributed by atoms with E-state index in [-0.39, 0.29) is 0 Å². The van der Waals surface area contributed by atoms with Crippen molar-refractivity contribution in [3.8, 4) is 0 Å². The summed E-state index contributed by atoms with van der Waals surface area (Å²) in [6.07, 6.45) is 9.61. The van der Waals surface area contributed by atoms with E-state index < -0.39 is 0 Å². The van der Waals surface area contributed by atoms with Crippen molar-refractivity contribution in [3.05, 3.63) is 0 Å². The maximum atomic E-state index is 9.11. The van der Waals surface area contributed by atoms with Crippen molar-refractivity contribution < 1.29 is 5.21 Å². The van der Waals surface area contributed by atoms with E-state index in [2.05, 4.69) is 5.16 Å². The highest BCUT2D eigenvalue weighted by atomic mass is 16.4. The zero-order valence-electron chi connectivity index (χ0n) is 9.58. The maximum absolute atomic E-state index is 9.11. The second-order valence-corrected chi connectivity index (χ2v) is 5.97. The van der Waals surface area contributed by atoms with Crippen LogP contribution in [0.2, 0.25) is 0 Å².